The first kappa shape index (κ1) is 16.7. The van der Waals surface area contributed by atoms with E-state index in [1.165, 1.54) is 0 Å². The number of ether oxygens (including phenoxy) is 3. The molecule has 0 saturated carbocycles. The molecular formula is C20H17N3O4. The minimum Gasteiger partial charge on any atom is -0.497 e. The number of methoxy groups -OCH3 is 2. The Morgan fingerprint density at radius 1 is 1.04 bits per heavy atom. The monoisotopic (exact) mass is 363 g/mol. The Hall–Kier alpha value is -3.74. The normalized spacial score (nSPS) is 10.9. The lowest BCUT2D eigenvalue weighted by Gasteiger charge is -2.12. The fourth-order valence-electron chi connectivity index (χ4n) is 3.17. The number of carbonyl (C=O) groups excluding carboxylic acids is 1. The Morgan fingerprint density at radius 2 is 1.85 bits per heavy atom. The third-order valence-electron chi connectivity index (χ3n) is 4.34. The van der Waals surface area contributed by atoms with Crippen LogP contribution < -0.4 is 19.9 Å². The summed E-state index contributed by atoms with van der Waals surface area (Å²) >= 11 is 0. The van der Waals surface area contributed by atoms with Crippen molar-refractivity contribution in [2.45, 2.75) is 0 Å². The number of benzene rings is 2. The van der Waals surface area contributed by atoms with Crippen molar-refractivity contribution < 1.29 is 19.0 Å². The SMILES string of the molecule is COc1ccc(OC)c(-c2nc(OC(N)=O)cc3c2[nH]c2ccccc23)c1. The van der Waals surface area contributed by atoms with Gasteiger partial charge in [-0.1, -0.05) is 18.2 Å². The molecule has 0 saturated heterocycles. The summed E-state index contributed by atoms with van der Waals surface area (Å²) in [4.78, 5) is 19.2. The van der Waals surface area contributed by atoms with Crippen LogP contribution in [0.1, 0.15) is 0 Å². The fraction of sp³-hybridized carbons (Fsp3) is 0.100. The van der Waals surface area contributed by atoms with Gasteiger partial charge in [-0.3, -0.25) is 0 Å². The molecule has 4 aromatic rings. The van der Waals surface area contributed by atoms with Gasteiger partial charge in [-0.05, 0) is 24.3 Å². The van der Waals surface area contributed by atoms with Crippen LogP contribution in [0.25, 0.3) is 33.1 Å². The first-order valence-corrected chi connectivity index (χ1v) is 8.22. The number of aromatic amines is 1. The van der Waals surface area contributed by atoms with Gasteiger partial charge in [0.05, 0.1) is 19.7 Å². The summed E-state index contributed by atoms with van der Waals surface area (Å²) in [6, 6.07) is 14.9. The summed E-state index contributed by atoms with van der Waals surface area (Å²) in [5, 5.41) is 1.84. The molecule has 0 unspecified atom stereocenters. The highest BCUT2D eigenvalue weighted by atomic mass is 16.6. The minimum absolute atomic E-state index is 0.111. The number of nitrogens with zero attached hydrogens (tertiary/aromatic N) is 1. The molecular weight excluding hydrogens is 346 g/mol. The Balaban J connectivity index is 2.08. The zero-order chi connectivity index (χ0) is 19.0. The maximum absolute atomic E-state index is 11.3. The average molecular weight is 363 g/mol. The van der Waals surface area contributed by atoms with Crippen LogP contribution in [-0.2, 0) is 0 Å². The van der Waals surface area contributed by atoms with Gasteiger partial charge in [-0.25, -0.2) is 9.78 Å². The second-order valence-electron chi connectivity index (χ2n) is 5.89. The van der Waals surface area contributed by atoms with Gasteiger partial charge in [-0.15, -0.1) is 0 Å². The third kappa shape index (κ3) is 2.89. The van der Waals surface area contributed by atoms with Gasteiger partial charge in [0.1, 0.15) is 17.2 Å². The molecule has 0 radical (unpaired) electrons. The molecule has 7 nitrogen and oxygen atoms in total. The summed E-state index contributed by atoms with van der Waals surface area (Å²) in [5.41, 5.74) is 8.19. The lowest BCUT2D eigenvalue weighted by molar-refractivity contribution is 0.209. The van der Waals surface area contributed by atoms with Crippen molar-refractivity contribution in [2.75, 3.05) is 14.2 Å². The molecule has 0 bridgehead atoms. The molecule has 0 aliphatic rings. The molecule has 136 valence electrons. The Labute approximate surface area is 154 Å². The topological polar surface area (TPSA) is 99.5 Å². The predicted octanol–water partition coefficient (Wildman–Crippen LogP) is 3.86. The van der Waals surface area contributed by atoms with Gasteiger partial charge in [-0.2, -0.15) is 0 Å². The van der Waals surface area contributed by atoms with E-state index in [0.717, 1.165) is 21.8 Å². The van der Waals surface area contributed by atoms with Gasteiger partial charge >= 0.3 is 6.09 Å². The second-order valence-corrected chi connectivity index (χ2v) is 5.89. The molecule has 0 aliphatic carbocycles. The number of carbonyl (C=O) groups is 1. The molecule has 2 aromatic heterocycles. The van der Waals surface area contributed by atoms with Crippen molar-refractivity contribution in [3.8, 4) is 28.6 Å². The second kappa shape index (κ2) is 6.53. The number of amides is 1. The predicted molar refractivity (Wildman–Crippen MR) is 102 cm³/mol. The molecule has 3 N–H and O–H groups in total. The van der Waals surface area contributed by atoms with E-state index >= 15 is 0 Å². The van der Waals surface area contributed by atoms with Gasteiger partial charge in [0.25, 0.3) is 0 Å². The zero-order valence-corrected chi connectivity index (χ0v) is 14.8. The van der Waals surface area contributed by atoms with Crippen LogP contribution in [0.5, 0.6) is 17.4 Å². The lowest BCUT2D eigenvalue weighted by Crippen LogP contribution is -2.17. The van der Waals surface area contributed by atoms with Gasteiger partial charge < -0.3 is 24.9 Å². The van der Waals surface area contributed by atoms with Gasteiger partial charge in [0.2, 0.25) is 5.88 Å². The van der Waals surface area contributed by atoms with Crippen molar-refractivity contribution in [1.29, 1.82) is 0 Å². The van der Waals surface area contributed by atoms with Crippen LogP contribution in [0, 0.1) is 0 Å². The number of nitrogens with one attached hydrogen (secondary N) is 1. The smallest absolute Gasteiger partial charge is 0.411 e. The largest absolute Gasteiger partial charge is 0.497 e. The van der Waals surface area contributed by atoms with E-state index < -0.39 is 6.09 Å². The number of rotatable bonds is 4. The number of fused-ring (bicyclic) bond motifs is 3. The van der Waals surface area contributed by atoms with Crippen LogP contribution in [0.2, 0.25) is 0 Å². The molecule has 1 amide bonds. The summed E-state index contributed by atoms with van der Waals surface area (Å²) in [5.74, 6) is 1.37. The van der Waals surface area contributed by atoms with E-state index in [-0.39, 0.29) is 5.88 Å². The van der Waals surface area contributed by atoms with Crippen molar-refractivity contribution >= 4 is 27.9 Å². The number of hydrogen-bond donors (Lipinski definition) is 2. The molecule has 4 rings (SSSR count). The van der Waals surface area contributed by atoms with Crippen LogP contribution in [0.15, 0.2) is 48.5 Å². The molecule has 27 heavy (non-hydrogen) atoms. The van der Waals surface area contributed by atoms with Gasteiger partial charge in [0.15, 0.2) is 0 Å². The highest BCUT2D eigenvalue weighted by Crippen LogP contribution is 2.39. The maximum atomic E-state index is 11.3. The quantitative estimate of drug-likeness (QED) is 0.573. The number of nitrogens with two attached hydrogens (primary N) is 1. The van der Waals surface area contributed by atoms with E-state index in [0.29, 0.717) is 22.8 Å². The van der Waals surface area contributed by atoms with Crippen molar-refractivity contribution in [3.63, 3.8) is 0 Å². The first-order chi connectivity index (χ1) is 13.1. The maximum Gasteiger partial charge on any atom is 0.411 e. The zero-order valence-electron chi connectivity index (χ0n) is 14.8. The molecule has 2 heterocycles. The highest BCUT2D eigenvalue weighted by Gasteiger charge is 2.18. The number of hydrogen-bond acceptors (Lipinski definition) is 5. The standard InChI is InChI=1S/C20H17N3O4/c1-25-11-7-8-16(26-2)14(9-11)19-18-13(10-17(23-19)27-20(21)24)12-5-3-4-6-15(12)22-18/h3-10,22H,1-2H3,(H2,21,24). The third-order valence-corrected chi connectivity index (χ3v) is 4.34. The number of primary amides is 1. The Bertz CT molecular complexity index is 1170. The van der Waals surface area contributed by atoms with Crippen LogP contribution in [-0.4, -0.2) is 30.3 Å². The van der Waals surface area contributed by atoms with E-state index in [1.54, 1.807) is 32.4 Å². The average Bonchev–Trinajstić information content (AvgIpc) is 3.05. The van der Waals surface area contributed by atoms with Crippen molar-refractivity contribution in [3.05, 3.63) is 48.5 Å². The number of aromatic nitrogens is 2. The Morgan fingerprint density at radius 3 is 2.59 bits per heavy atom. The van der Waals surface area contributed by atoms with E-state index in [4.69, 9.17) is 19.9 Å². The fourth-order valence-corrected chi connectivity index (χ4v) is 3.17. The van der Waals surface area contributed by atoms with Crippen molar-refractivity contribution in [1.82, 2.24) is 9.97 Å². The summed E-state index contributed by atoms with van der Waals surface area (Å²) in [7, 11) is 3.17. The molecule has 0 aliphatic heterocycles. The van der Waals surface area contributed by atoms with E-state index in [1.807, 2.05) is 30.3 Å². The molecule has 0 fully saturated rings. The first-order valence-electron chi connectivity index (χ1n) is 8.22. The Kier molecular flexibility index (Phi) is 4.04. The molecule has 0 spiro atoms. The van der Waals surface area contributed by atoms with Crippen LogP contribution in [0.4, 0.5) is 4.79 Å². The minimum atomic E-state index is -0.926. The van der Waals surface area contributed by atoms with Crippen molar-refractivity contribution in [2.24, 2.45) is 5.73 Å². The lowest BCUT2D eigenvalue weighted by atomic mass is 10.1. The summed E-state index contributed by atoms with van der Waals surface area (Å²) in [6.07, 6.45) is -0.926. The van der Waals surface area contributed by atoms with Crippen LogP contribution >= 0.6 is 0 Å². The summed E-state index contributed by atoms with van der Waals surface area (Å²) in [6.45, 7) is 0. The number of H-pyrrole nitrogens is 1. The highest BCUT2D eigenvalue weighted by molar-refractivity contribution is 6.11. The van der Waals surface area contributed by atoms with Gasteiger partial charge in [0, 0.05) is 27.9 Å². The molecule has 2 aromatic carbocycles. The molecule has 7 heteroatoms. The molecule has 0 atom stereocenters. The number of para-hydroxylation sites is 1. The number of pyridine rings is 1. The van der Waals surface area contributed by atoms with E-state index in [2.05, 4.69) is 9.97 Å². The summed E-state index contributed by atoms with van der Waals surface area (Å²) < 4.78 is 15.9. The van der Waals surface area contributed by atoms with Crippen LogP contribution in [0.3, 0.4) is 0 Å². The van der Waals surface area contributed by atoms with E-state index in [9.17, 15) is 4.79 Å².